The van der Waals surface area contributed by atoms with Gasteiger partial charge in [0.15, 0.2) is 5.96 Å². The molecule has 2 aromatic carbocycles. The standard InChI is InChI=1S/C20H25BrN4O/c1-4-23-19(26)16-11-9-15(10-12-16)13-24-20(22-2)25(3)14-17-7-5-6-8-18(17)21/h5-12H,4,13-14H2,1-3H3,(H,22,24)(H,23,26). The van der Waals surface area contributed by atoms with Crippen molar-refractivity contribution in [3.63, 3.8) is 0 Å². The van der Waals surface area contributed by atoms with E-state index in [4.69, 9.17) is 0 Å². The first-order valence-corrected chi connectivity index (χ1v) is 9.36. The van der Waals surface area contributed by atoms with Crippen molar-refractivity contribution in [2.24, 2.45) is 4.99 Å². The number of nitrogens with zero attached hydrogens (tertiary/aromatic N) is 2. The van der Waals surface area contributed by atoms with Crippen LogP contribution in [0.25, 0.3) is 0 Å². The maximum atomic E-state index is 11.8. The Morgan fingerprint density at radius 3 is 2.42 bits per heavy atom. The van der Waals surface area contributed by atoms with Gasteiger partial charge >= 0.3 is 0 Å². The summed E-state index contributed by atoms with van der Waals surface area (Å²) in [5.41, 5.74) is 2.96. The minimum absolute atomic E-state index is 0.0454. The van der Waals surface area contributed by atoms with Crippen LogP contribution in [0.1, 0.15) is 28.4 Å². The van der Waals surface area contributed by atoms with Crippen LogP contribution in [0.5, 0.6) is 0 Å². The zero-order valence-electron chi connectivity index (χ0n) is 15.4. The summed E-state index contributed by atoms with van der Waals surface area (Å²) >= 11 is 3.58. The molecule has 2 N–H and O–H groups in total. The highest BCUT2D eigenvalue weighted by atomic mass is 79.9. The van der Waals surface area contributed by atoms with E-state index in [-0.39, 0.29) is 5.91 Å². The number of nitrogens with one attached hydrogen (secondary N) is 2. The second-order valence-electron chi connectivity index (χ2n) is 5.90. The van der Waals surface area contributed by atoms with Crippen LogP contribution in [0.2, 0.25) is 0 Å². The fourth-order valence-corrected chi connectivity index (χ4v) is 2.97. The minimum atomic E-state index is -0.0454. The molecule has 1 amide bonds. The van der Waals surface area contributed by atoms with Gasteiger partial charge in [0, 0.05) is 43.8 Å². The smallest absolute Gasteiger partial charge is 0.251 e. The lowest BCUT2D eigenvalue weighted by molar-refractivity contribution is 0.0956. The van der Waals surface area contributed by atoms with Crippen molar-refractivity contribution in [1.82, 2.24) is 15.5 Å². The molecule has 2 aromatic rings. The van der Waals surface area contributed by atoms with Crippen LogP contribution < -0.4 is 10.6 Å². The van der Waals surface area contributed by atoms with Crippen molar-refractivity contribution < 1.29 is 4.79 Å². The third-order valence-electron chi connectivity index (χ3n) is 3.94. The van der Waals surface area contributed by atoms with Crippen molar-refractivity contribution in [3.05, 3.63) is 69.7 Å². The van der Waals surface area contributed by atoms with Crippen LogP contribution in [0.15, 0.2) is 58.0 Å². The summed E-state index contributed by atoms with van der Waals surface area (Å²) < 4.78 is 1.09. The lowest BCUT2D eigenvalue weighted by Gasteiger charge is -2.22. The predicted molar refractivity (Wildman–Crippen MR) is 110 cm³/mol. The monoisotopic (exact) mass is 416 g/mol. The number of rotatable bonds is 6. The number of hydrogen-bond donors (Lipinski definition) is 2. The van der Waals surface area contributed by atoms with Crippen LogP contribution in [-0.4, -0.2) is 37.4 Å². The Kier molecular flexibility index (Phi) is 7.66. The van der Waals surface area contributed by atoms with E-state index in [1.54, 1.807) is 7.05 Å². The Labute approximate surface area is 163 Å². The molecule has 0 saturated heterocycles. The molecule has 0 aliphatic rings. The predicted octanol–water partition coefficient (Wildman–Crippen LogP) is 3.41. The Hall–Kier alpha value is -2.34. The van der Waals surface area contributed by atoms with E-state index >= 15 is 0 Å². The number of benzene rings is 2. The van der Waals surface area contributed by atoms with Gasteiger partial charge in [-0.2, -0.15) is 0 Å². The number of guanidine groups is 1. The van der Waals surface area contributed by atoms with Crippen molar-refractivity contribution in [2.45, 2.75) is 20.0 Å². The first-order chi connectivity index (χ1) is 12.5. The fraction of sp³-hybridized carbons (Fsp3) is 0.300. The maximum absolute atomic E-state index is 11.8. The Morgan fingerprint density at radius 1 is 1.12 bits per heavy atom. The number of halogens is 1. The van der Waals surface area contributed by atoms with Gasteiger partial charge in [-0.15, -0.1) is 0 Å². The van der Waals surface area contributed by atoms with Crippen LogP contribution in [0, 0.1) is 0 Å². The first-order valence-electron chi connectivity index (χ1n) is 8.57. The van der Waals surface area contributed by atoms with Crippen LogP contribution >= 0.6 is 15.9 Å². The molecule has 0 fully saturated rings. The summed E-state index contributed by atoms with van der Waals surface area (Å²) in [5.74, 6) is 0.768. The summed E-state index contributed by atoms with van der Waals surface area (Å²) in [4.78, 5) is 18.2. The molecule has 0 aliphatic heterocycles. The lowest BCUT2D eigenvalue weighted by atomic mass is 10.1. The van der Waals surface area contributed by atoms with Gasteiger partial charge in [-0.3, -0.25) is 9.79 Å². The second kappa shape index (κ2) is 9.97. The van der Waals surface area contributed by atoms with E-state index in [2.05, 4.69) is 42.5 Å². The Bertz CT molecular complexity index is 759. The summed E-state index contributed by atoms with van der Waals surface area (Å²) in [5, 5.41) is 6.16. The van der Waals surface area contributed by atoms with Gasteiger partial charge in [-0.05, 0) is 36.2 Å². The lowest BCUT2D eigenvalue weighted by Crippen LogP contribution is -2.38. The average molecular weight is 417 g/mol. The Balaban J connectivity index is 1.94. The number of carbonyl (C=O) groups excluding carboxylic acids is 1. The number of amides is 1. The summed E-state index contributed by atoms with van der Waals surface area (Å²) in [7, 11) is 3.78. The van der Waals surface area contributed by atoms with Crippen LogP contribution in [0.3, 0.4) is 0 Å². The van der Waals surface area contributed by atoms with Crippen molar-refractivity contribution in [1.29, 1.82) is 0 Å². The highest BCUT2D eigenvalue weighted by Crippen LogP contribution is 2.17. The van der Waals surface area contributed by atoms with E-state index < -0.39 is 0 Å². The molecule has 0 heterocycles. The molecule has 0 aliphatic carbocycles. The van der Waals surface area contributed by atoms with Gasteiger partial charge in [0.2, 0.25) is 0 Å². The van der Waals surface area contributed by atoms with Gasteiger partial charge in [-0.25, -0.2) is 0 Å². The highest BCUT2D eigenvalue weighted by molar-refractivity contribution is 9.10. The number of aliphatic imine (C=N–C) groups is 1. The van der Waals surface area contributed by atoms with Crippen LogP contribution in [-0.2, 0) is 13.1 Å². The van der Waals surface area contributed by atoms with Gasteiger partial charge in [0.25, 0.3) is 5.91 Å². The number of carbonyl (C=O) groups is 1. The molecule has 0 aromatic heterocycles. The molecule has 138 valence electrons. The van der Waals surface area contributed by atoms with E-state index in [1.165, 1.54) is 5.56 Å². The third-order valence-corrected chi connectivity index (χ3v) is 4.72. The van der Waals surface area contributed by atoms with E-state index in [0.29, 0.717) is 18.7 Å². The van der Waals surface area contributed by atoms with Crippen molar-refractivity contribution >= 4 is 27.8 Å². The summed E-state index contributed by atoms with van der Waals surface area (Å²) in [6.07, 6.45) is 0. The van der Waals surface area contributed by atoms with Crippen LogP contribution in [0.4, 0.5) is 0 Å². The van der Waals surface area contributed by atoms with E-state index in [1.807, 2.05) is 56.4 Å². The normalized spacial score (nSPS) is 11.2. The van der Waals surface area contributed by atoms with Gasteiger partial charge in [-0.1, -0.05) is 46.3 Å². The third kappa shape index (κ3) is 5.59. The molecule has 0 bridgehead atoms. The summed E-state index contributed by atoms with van der Waals surface area (Å²) in [6, 6.07) is 15.8. The number of hydrogen-bond acceptors (Lipinski definition) is 2. The van der Waals surface area contributed by atoms with Gasteiger partial charge in [0.1, 0.15) is 0 Å². The van der Waals surface area contributed by atoms with E-state index in [0.717, 1.165) is 22.5 Å². The fourth-order valence-electron chi connectivity index (χ4n) is 2.56. The zero-order valence-corrected chi connectivity index (χ0v) is 17.0. The topological polar surface area (TPSA) is 56.7 Å². The molecular formula is C20H25BrN4O. The minimum Gasteiger partial charge on any atom is -0.352 e. The summed E-state index contributed by atoms with van der Waals surface area (Å²) in [6.45, 7) is 3.93. The first kappa shape index (κ1) is 20.0. The van der Waals surface area contributed by atoms with E-state index in [9.17, 15) is 4.79 Å². The molecule has 0 unspecified atom stereocenters. The van der Waals surface area contributed by atoms with Crippen molar-refractivity contribution in [3.8, 4) is 0 Å². The molecule has 2 rings (SSSR count). The van der Waals surface area contributed by atoms with Crippen molar-refractivity contribution in [2.75, 3.05) is 20.6 Å². The highest BCUT2D eigenvalue weighted by Gasteiger charge is 2.09. The average Bonchev–Trinajstić information content (AvgIpc) is 2.65. The van der Waals surface area contributed by atoms with Gasteiger partial charge < -0.3 is 15.5 Å². The molecular weight excluding hydrogens is 392 g/mol. The molecule has 0 spiro atoms. The second-order valence-corrected chi connectivity index (χ2v) is 6.76. The SMILES string of the molecule is CCNC(=O)c1ccc(CNC(=NC)N(C)Cc2ccccc2Br)cc1. The Morgan fingerprint density at radius 2 is 1.81 bits per heavy atom. The quantitative estimate of drug-likeness (QED) is 0.560. The molecule has 0 saturated carbocycles. The largest absolute Gasteiger partial charge is 0.352 e. The molecule has 0 radical (unpaired) electrons. The van der Waals surface area contributed by atoms with Gasteiger partial charge in [0.05, 0.1) is 0 Å². The molecule has 5 nitrogen and oxygen atoms in total. The maximum Gasteiger partial charge on any atom is 0.251 e. The zero-order chi connectivity index (χ0) is 18.9. The molecule has 26 heavy (non-hydrogen) atoms. The molecule has 6 heteroatoms. The molecule has 0 atom stereocenters.